The molecule has 3 heterocycles. The van der Waals surface area contributed by atoms with E-state index in [1.54, 1.807) is 37.6 Å². The molecule has 1 aliphatic carbocycles. The summed E-state index contributed by atoms with van der Waals surface area (Å²) in [6.45, 7) is 6.07. The Bertz CT molecular complexity index is 2090. The molecule has 5 aromatic rings. The minimum absolute atomic E-state index is 0.0681. The van der Waals surface area contributed by atoms with Gasteiger partial charge in [0.25, 0.3) is 5.91 Å². The number of nitrogens with zero attached hydrogens (tertiary/aromatic N) is 5. The predicted molar refractivity (Wildman–Crippen MR) is 184 cm³/mol. The second kappa shape index (κ2) is 14.3. The molecule has 2 aromatic heterocycles. The minimum atomic E-state index is -0.737. The van der Waals surface area contributed by atoms with Gasteiger partial charge in [0.1, 0.15) is 17.3 Å². The number of carbonyl (C=O) groups excluding carboxylic acids is 1. The van der Waals surface area contributed by atoms with Crippen LogP contribution in [0.2, 0.25) is 0 Å². The maximum absolute atomic E-state index is 15.4. The highest BCUT2D eigenvalue weighted by Gasteiger charge is 2.33. The Morgan fingerprint density at radius 2 is 1.74 bits per heavy atom. The van der Waals surface area contributed by atoms with Crippen molar-refractivity contribution in [1.29, 1.82) is 0 Å². The molecular formula is C37H38F2N6O5. The smallest absolute Gasteiger partial charge is 0.351 e. The molecule has 3 aromatic carbocycles. The fourth-order valence-corrected chi connectivity index (χ4v) is 6.19. The third-order valence-electron chi connectivity index (χ3n) is 9.16. The summed E-state index contributed by atoms with van der Waals surface area (Å²) in [5.74, 6) is -0.190. The lowest BCUT2D eigenvalue weighted by Crippen LogP contribution is -2.34. The SMILES string of the molecule is COc1cc2c(Oc3ccc(NC(=O)c4nn(-c5ccccc5F)c(=O)n4C4CC4)cc3F)ccnc2cc1OCCCN1CCC(C)CC1. The number of hydrogen-bond acceptors (Lipinski definition) is 8. The average Bonchev–Trinajstić information content (AvgIpc) is 3.90. The number of likely N-dealkylation sites (tertiary alicyclic amines) is 1. The first-order chi connectivity index (χ1) is 24.3. The zero-order valence-electron chi connectivity index (χ0n) is 27.9. The summed E-state index contributed by atoms with van der Waals surface area (Å²) in [6.07, 6.45) is 6.29. The van der Waals surface area contributed by atoms with Gasteiger partial charge in [0.15, 0.2) is 23.1 Å². The van der Waals surface area contributed by atoms with E-state index in [2.05, 4.69) is 27.2 Å². The molecular weight excluding hydrogens is 646 g/mol. The van der Waals surface area contributed by atoms with E-state index in [0.29, 0.717) is 47.6 Å². The zero-order chi connectivity index (χ0) is 34.8. The molecule has 50 heavy (non-hydrogen) atoms. The Morgan fingerprint density at radius 1 is 0.940 bits per heavy atom. The quantitative estimate of drug-likeness (QED) is 0.144. The van der Waals surface area contributed by atoms with Crippen molar-refractivity contribution in [3.8, 4) is 28.7 Å². The van der Waals surface area contributed by atoms with Gasteiger partial charge in [0, 0.05) is 42.0 Å². The Morgan fingerprint density at radius 3 is 2.48 bits per heavy atom. The highest BCUT2D eigenvalue weighted by molar-refractivity contribution is 6.01. The fraction of sp³-hybridized carbons (Fsp3) is 0.351. The number of rotatable bonds is 12. The molecule has 2 aliphatic rings. The van der Waals surface area contributed by atoms with Gasteiger partial charge in [-0.3, -0.25) is 14.3 Å². The molecule has 11 nitrogen and oxygen atoms in total. The molecule has 2 fully saturated rings. The Labute approximate surface area is 287 Å². The summed E-state index contributed by atoms with van der Waals surface area (Å²) >= 11 is 0. The Kier molecular flexibility index (Phi) is 9.48. The van der Waals surface area contributed by atoms with Crippen LogP contribution in [0, 0.1) is 17.6 Å². The van der Waals surface area contributed by atoms with Crippen LogP contribution in [0.1, 0.15) is 55.7 Å². The summed E-state index contributed by atoms with van der Waals surface area (Å²) < 4.78 is 49.7. The number of pyridine rings is 1. The summed E-state index contributed by atoms with van der Waals surface area (Å²) in [5, 5.41) is 7.36. The van der Waals surface area contributed by atoms with Gasteiger partial charge in [-0.2, -0.15) is 4.68 Å². The first-order valence-electron chi connectivity index (χ1n) is 16.9. The molecule has 1 aliphatic heterocycles. The highest BCUT2D eigenvalue weighted by Crippen LogP contribution is 2.38. The molecule has 13 heteroatoms. The van der Waals surface area contributed by atoms with Gasteiger partial charge in [-0.05, 0) is 87.5 Å². The van der Waals surface area contributed by atoms with Crippen molar-refractivity contribution < 1.29 is 27.8 Å². The van der Waals surface area contributed by atoms with E-state index in [9.17, 15) is 14.0 Å². The van der Waals surface area contributed by atoms with Crippen molar-refractivity contribution in [1.82, 2.24) is 24.2 Å². The molecule has 1 saturated carbocycles. The van der Waals surface area contributed by atoms with Crippen molar-refractivity contribution in [3.05, 3.63) is 94.8 Å². The van der Waals surface area contributed by atoms with Gasteiger partial charge in [0.2, 0.25) is 5.82 Å². The topological polar surface area (TPSA) is 113 Å². The fourth-order valence-electron chi connectivity index (χ4n) is 6.19. The second-order valence-corrected chi connectivity index (χ2v) is 12.8. The number of halogens is 2. The summed E-state index contributed by atoms with van der Waals surface area (Å²) in [5.41, 5.74) is 0.0127. The van der Waals surface area contributed by atoms with Crippen LogP contribution in [-0.2, 0) is 0 Å². The molecule has 1 saturated heterocycles. The number of piperidine rings is 1. The highest BCUT2D eigenvalue weighted by atomic mass is 19.1. The van der Waals surface area contributed by atoms with Crippen LogP contribution in [0.3, 0.4) is 0 Å². The van der Waals surface area contributed by atoms with Gasteiger partial charge in [-0.15, -0.1) is 5.10 Å². The second-order valence-electron chi connectivity index (χ2n) is 12.8. The van der Waals surface area contributed by atoms with E-state index in [-0.39, 0.29) is 29.0 Å². The van der Waals surface area contributed by atoms with Gasteiger partial charge in [-0.25, -0.2) is 13.6 Å². The number of ether oxygens (including phenoxy) is 3. The van der Waals surface area contributed by atoms with Gasteiger partial charge >= 0.3 is 5.69 Å². The largest absolute Gasteiger partial charge is 0.493 e. The molecule has 0 atom stereocenters. The van der Waals surface area contributed by atoms with E-state index < -0.39 is 23.2 Å². The number of para-hydroxylation sites is 1. The van der Waals surface area contributed by atoms with Crippen LogP contribution in [0.4, 0.5) is 14.5 Å². The van der Waals surface area contributed by atoms with E-state index >= 15 is 4.39 Å². The van der Waals surface area contributed by atoms with Crippen LogP contribution in [0.15, 0.2) is 71.7 Å². The van der Waals surface area contributed by atoms with Gasteiger partial charge < -0.3 is 24.4 Å². The zero-order valence-corrected chi connectivity index (χ0v) is 27.9. The average molecular weight is 685 g/mol. The minimum Gasteiger partial charge on any atom is -0.493 e. The van der Waals surface area contributed by atoms with Crippen LogP contribution in [0.5, 0.6) is 23.0 Å². The number of benzene rings is 3. The molecule has 0 spiro atoms. The number of methoxy groups -OCH3 is 1. The summed E-state index contributed by atoms with van der Waals surface area (Å²) in [4.78, 5) is 33.4. The molecule has 0 unspecified atom stereocenters. The van der Waals surface area contributed by atoms with Crippen molar-refractivity contribution in [2.75, 3.05) is 38.7 Å². The number of carbonyl (C=O) groups is 1. The number of anilines is 1. The molecule has 0 bridgehead atoms. The Hall–Kier alpha value is -5.30. The van der Waals surface area contributed by atoms with Crippen LogP contribution in [-0.4, -0.2) is 63.5 Å². The van der Waals surface area contributed by atoms with E-state index in [4.69, 9.17) is 14.2 Å². The molecule has 260 valence electrons. The maximum Gasteiger partial charge on any atom is 0.351 e. The van der Waals surface area contributed by atoms with Crippen molar-refractivity contribution in [2.24, 2.45) is 5.92 Å². The molecule has 0 radical (unpaired) electrons. The lowest BCUT2D eigenvalue weighted by molar-refractivity contribution is 0.101. The molecule has 7 rings (SSSR count). The predicted octanol–water partition coefficient (Wildman–Crippen LogP) is 6.75. The summed E-state index contributed by atoms with van der Waals surface area (Å²) in [7, 11) is 1.56. The third kappa shape index (κ3) is 7.04. The molecule has 1 amide bonds. The van der Waals surface area contributed by atoms with E-state index in [1.165, 1.54) is 47.7 Å². The lowest BCUT2D eigenvalue weighted by atomic mass is 9.99. The lowest BCUT2D eigenvalue weighted by Gasteiger charge is -2.30. The summed E-state index contributed by atoms with van der Waals surface area (Å²) in [6, 6.07) is 14.6. The maximum atomic E-state index is 15.4. The van der Waals surface area contributed by atoms with Gasteiger partial charge in [-0.1, -0.05) is 19.1 Å². The van der Waals surface area contributed by atoms with Crippen molar-refractivity contribution in [2.45, 2.75) is 45.1 Å². The third-order valence-corrected chi connectivity index (χ3v) is 9.16. The standard InChI is InChI=1S/C37H38F2N6O5/c1-23-13-17-43(18-14-23)16-5-19-49-34-22-29-26(21-33(34)48-2)31(12-15-40-29)50-32-11-8-24(20-28(32)39)41-36(46)35-42-45(30-7-4-3-6-27(30)38)37(47)44(35)25-9-10-25/h3-4,6-8,11-12,15,20-23,25H,5,9-10,13-14,16-19H2,1-2H3,(H,41,46). The number of hydrogen-bond donors (Lipinski definition) is 1. The monoisotopic (exact) mass is 684 g/mol. The number of fused-ring (bicyclic) bond motifs is 1. The van der Waals surface area contributed by atoms with Crippen LogP contribution < -0.4 is 25.2 Å². The van der Waals surface area contributed by atoms with Gasteiger partial charge in [0.05, 0.1) is 19.2 Å². The first kappa shape index (κ1) is 33.2. The Balaban J connectivity index is 1.05. The van der Waals surface area contributed by atoms with Crippen molar-refractivity contribution >= 4 is 22.5 Å². The number of nitrogens with one attached hydrogen (secondary N) is 1. The number of aromatic nitrogens is 4. The van der Waals surface area contributed by atoms with E-state index in [0.717, 1.165) is 42.7 Å². The van der Waals surface area contributed by atoms with Crippen LogP contribution in [0.25, 0.3) is 16.6 Å². The first-order valence-corrected chi connectivity index (χ1v) is 16.9. The van der Waals surface area contributed by atoms with Crippen LogP contribution >= 0.6 is 0 Å². The number of amides is 1. The van der Waals surface area contributed by atoms with E-state index in [1.807, 2.05) is 0 Å². The molecule has 1 N–H and O–H groups in total. The van der Waals surface area contributed by atoms with Crippen molar-refractivity contribution in [3.63, 3.8) is 0 Å². The normalized spacial score (nSPS) is 15.3.